The van der Waals surface area contributed by atoms with Crippen LogP contribution in [0.15, 0.2) is 91.0 Å². The molecular formula is C26H22ClN5O. The van der Waals surface area contributed by atoms with E-state index in [1.807, 2.05) is 67.6 Å². The molecular weight excluding hydrogens is 434 g/mol. The number of nitrogens with two attached hydrogens (primary N) is 1. The van der Waals surface area contributed by atoms with E-state index in [9.17, 15) is 0 Å². The Balaban J connectivity index is 1.54. The van der Waals surface area contributed by atoms with Gasteiger partial charge in [0.1, 0.15) is 5.75 Å². The summed E-state index contributed by atoms with van der Waals surface area (Å²) in [5, 5.41) is 12.4. The van der Waals surface area contributed by atoms with Crippen LogP contribution in [0.3, 0.4) is 0 Å². The Morgan fingerprint density at radius 2 is 1.64 bits per heavy atom. The molecule has 0 bridgehead atoms. The molecule has 0 saturated carbocycles. The molecule has 1 unspecified atom stereocenters. The SMILES string of the molecule is CC(N)(Cc1ccccc1)c1ccc(Oc2ccc3nnc(Cl)n3n2)c(-c2ccccc2)c1. The van der Waals surface area contributed by atoms with Gasteiger partial charge in [0.05, 0.1) is 0 Å². The summed E-state index contributed by atoms with van der Waals surface area (Å²) in [5.41, 5.74) is 10.9. The van der Waals surface area contributed by atoms with Gasteiger partial charge in [-0.15, -0.1) is 15.3 Å². The van der Waals surface area contributed by atoms with Gasteiger partial charge in [-0.2, -0.15) is 4.52 Å². The quantitative estimate of drug-likeness (QED) is 0.357. The summed E-state index contributed by atoms with van der Waals surface area (Å²) in [5.74, 6) is 1.05. The number of fused-ring (bicyclic) bond motifs is 1. The van der Waals surface area contributed by atoms with E-state index in [1.54, 1.807) is 12.1 Å². The van der Waals surface area contributed by atoms with Gasteiger partial charge in [-0.3, -0.25) is 0 Å². The van der Waals surface area contributed by atoms with E-state index in [4.69, 9.17) is 22.1 Å². The van der Waals surface area contributed by atoms with Crippen LogP contribution in [0.1, 0.15) is 18.1 Å². The molecule has 0 aliphatic rings. The minimum atomic E-state index is -0.559. The van der Waals surface area contributed by atoms with E-state index in [-0.39, 0.29) is 5.28 Å². The average molecular weight is 456 g/mol. The topological polar surface area (TPSA) is 78.3 Å². The maximum absolute atomic E-state index is 6.80. The standard InChI is InChI=1S/C26H22ClN5O/c1-26(28,17-18-8-4-2-5-9-18)20-12-13-22(21(16-20)19-10-6-3-7-11-19)33-24-15-14-23-29-30-25(27)32(23)31-24/h2-16H,17,28H2,1H3. The first kappa shape index (κ1) is 21.1. The second kappa shape index (κ2) is 8.65. The number of hydrogen-bond donors (Lipinski definition) is 1. The highest BCUT2D eigenvalue weighted by molar-refractivity contribution is 6.28. The predicted molar refractivity (Wildman–Crippen MR) is 129 cm³/mol. The van der Waals surface area contributed by atoms with Crippen molar-refractivity contribution < 1.29 is 4.74 Å². The highest BCUT2D eigenvalue weighted by Gasteiger charge is 2.24. The molecule has 7 heteroatoms. The Labute approximate surface area is 196 Å². The molecule has 5 rings (SSSR count). The summed E-state index contributed by atoms with van der Waals surface area (Å²) in [6, 6.07) is 29.9. The van der Waals surface area contributed by atoms with Crippen LogP contribution in [-0.4, -0.2) is 19.8 Å². The summed E-state index contributed by atoms with van der Waals surface area (Å²) < 4.78 is 7.63. The number of halogens is 1. The fourth-order valence-corrected chi connectivity index (χ4v) is 4.01. The Morgan fingerprint density at radius 1 is 0.909 bits per heavy atom. The van der Waals surface area contributed by atoms with Crippen molar-refractivity contribution in [1.82, 2.24) is 19.8 Å². The van der Waals surface area contributed by atoms with E-state index in [1.165, 1.54) is 10.1 Å². The van der Waals surface area contributed by atoms with Crippen LogP contribution in [0.5, 0.6) is 11.6 Å². The second-order valence-electron chi connectivity index (χ2n) is 8.17. The molecule has 3 aromatic carbocycles. The van der Waals surface area contributed by atoms with Crippen LogP contribution in [0.2, 0.25) is 5.28 Å². The van der Waals surface area contributed by atoms with Crippen LogP contribution < -0.4 is 10.5 Å². The lowest BCUT2D eigenvalue weighted by atomic mass is 9.85. The van der Waals surface area contributed by atoms with Crippen molar-refractivity contribution in [3.05, 3.63) is 107 Å². The van der Waals surface area contributed by atoms with Gasteiger partial charge in [0.25, 0.3) is 0 Å². The average Bonchev–Trinajstić information content (AvgIpc) is 3.20. The molecule has 6 nitrogen and oxygen atoms in total. The second-order valence-corrected chi connectivity index (χ2v) is 8.51. The molecule has 0 spiro atoms. The minimum absolute atomic E-state index is 0.175. The van der Waals surface area contributed by atoms with E-state index in [0.717, 1.165) is 16.7 Å². The van der Waals surface area contributed by atoms with Crippen molar-refractivity contribution in [2.75, 3.05) is 0 Å². The summed E-state index contributed by atoms with van der Waals surface area (Å²) >= 11 is 6.07. The Bertz CT molecular complexity index is 1400. The fourth-order valence-electron chi connectivity index (χ4n) is 3.85. The molecule has 2 heterocycles. The molecule has 0 aliphatic heterocycles. The molecule has 33 heavy (non-hydrogen) atoms. The largest absolute Gasteiger partial charge is 0.437 e. The first-order valence-electron chi connectivity index (χ1n) is 10.6. The van der Waals surface area contributed by atoms with Gasteiger partial charge in [-0.25, -0.2) is 0 Å². The molecule has 0 fully saturated rings. The number of nitrogens with zero attached hydrogens (tertiary/aromatic N) is 4. The first-order valence-corrected chi connectivity index (χ1v) is 11.0. The maximum atomic E-state index is 6.80. The van der Waals surface area contributed by atoms with Crippen molar-refractivity contribution in [3.8, 4) is 22.8 Å². The molecule has 5 aromatic rings. The summed E-state index contributed by atoms with van der Waals surface area (Å²) in [6.07, 6.45) is 0.715. The van der Waals surface area contributed by atoms with Crippen LogP contribution in [-0.2, 0) is 12.0 Å². The summed E-state index contributed by atoms with van der Waals surface area (Å²) in [6.45, 7) is 2.05. The number of hydrogen-bond acceptors (Lipinski definition) is 5. The molecule has 1 atom stereocenters. The van der Waals surface area contributed by atoms with E-state index >= 15 is 0 Å². The molecule has 164 valence electrons. The van der Waals surface area contributed by atoms with E-state index < -0.39 is 5.54 Å². The lowest BCUT2D eigenvalue weighted by Crippen LogP contribution is -2.35. The first-order chi connectivity index (χ1) is 16.0. The van der Waals surface area contributed by atoms with Crippen LogP contribution in [0.4, 0.5) is 0 Å². The summed E-state index contributed by atoms with van der Waals surface area (Å²) in [7, 11) is 0. The van der Waals surface area contributed by atoms with Crippen molar-refractivity contribution in [3.63, 3.8) is 0 Å². The smallest absolute Gasteiger partial charge is 0.246 e. The molecule has 2 N–H and O–H groups in total. The lowest BCUT2D eigenvalue weighted by Gasteiger charge is -2.27. The van der Waals surface area contributed by atoms with E-state index in [0.29, 0.717) is 23.7 Å². The zero-order chi connectivity index (χ0) is 22.8. The van der Waals surface area contributed by atoms with Gasteiger partial charge in [0, 0.05) is 17.2 Å². The highest BCUT2D eigenvalue weighted by Crippen LogP contribution is 2.36. The monoisotopic (exact) mass is 455 g/mol. The van der Waals surface area contributed by atoms with Crippen LogP contribution >= 0.6 is 11.6 Å². The third-order valence-corrected chi connectivity index (χ3v) is 5.79. The van der Waals surface area contributed by atoms with Crippen molar-refractivity contribution >= 4 is 17.2 Å². The minimum Gasteiger partial charge on any atom is -0.437 e. The van der Waals surface area contributed by atoms with Crippen molar-refractivity contribution in [1.29, 1.82) is 0 Å². The summed E-state index contributed by atoms with van der Waals surface area (Å²) in [4.78, 5) is 0. The number of ether oxygens (including phenoxy) is 1. The van der Waals surface area contributed by atoms with Crippen molar-refractivity contribution in [2.45, 2.75) is 18.9 Å². The Kier molecular flexibility index (Phi) is 5.54. The zero-order valence-corrected chi connectivity index (χ0v) is 18.8. The van der Waals surface area contributed by atoms with Crippen molar-refractivity contribution in [2.24, 2.45) is 5.73 Å². The van der Waals surface area contributed by atoms with Crippen LogP contribution in [0, 0.1) is 0 Å². The van der Waals surface area contributed by atoms with Gasteiger partial charge in [0.15, 0.2) is 5.65 Å². The molecule has 2 aromatic heterocycles. The van der Waals surface area contributed by atoms with Gasteiger partial charge in [-0.05, 0) is 59.8 Å². The lowest BCUT2D eigenvalue weighted by molar-refractivity contribution is 0.451. The molecule has 0 amide bonds. The van der Waals surface area contributed by atoms with Gasteiger partial charge < -0.3 is 10.5 Å². The Morgan fingerprint density at radius 3 is 2.39 bits per heavy atom. The third-order valence-electron chi connectivity index (χ3n) is 5.55. The maximum Gasteiger partial charge on any atom is 0.246 e. The number of rotatable bonds is 6. The number of benzene rings is 3. The van der Waals surface area contributed by atoms with Gasteiger partial charge >= 0.3 is 0 Å². The number of aromatic nitrogens is 4. The molecule has 0 radical (unpaired) electrons. The Hall–Kier alpha value is -3.74. The van der Waals surface area contributed by atoms with Gasteiger partial charge in [0.2, 0.25) is 11.2 Å². The molecule has 0 saturated heterocycles. The van der Waals surface area contributed by atoms with E-state index in [2.05, 4.69) is 33.5 Å². The van der Waals surface area contributed by atoms with Crippen LogP contribution in [0.25, 0.3) is 16.8 Å². The normalized spacial score (nSPS) is 13.1. The predicted octanol–water partition coefficient (Wildman–Crippen LogP) is 5.65. The highest BCUT2D eigenvalue weighted by atomic mass is 35.5. The molecule has 0 aliphatic carbocycles. The zero-order valence-electron chi connectivity index (χ0n) is 18.0. The third kappa shape index (κ3) is 4.44. The van der Waals surface area contributed by atoms with Gasteiger partial charge in [-0.1, -0.05) is 66.7 Å². The fraction of sp³-hybridized carbons (Fsp3) is 0.115.